The highest BCUT2D eigenvalue weighted by atomic mass is 15.2. The van der Waals surface area contributed by atoms with Crippen LogP contribution in [0.3, 0.4) is 0 Å². The molecule has 0 aliphatic carbocycles. The van der Waals surface area contributed by atoms with E-state index in [0.29, 0.717) is 6.04 Å². The third kappa shape index (κ3) is 4.18. The number of likely N-dealkylation sites (N-methyl/N-ethyl adjacent to an activating group) is 1. The van der Waals surface area contributed by atoms with Crippen LogP contribution in [0.4, 0.5) is 5.82 Å². The Morgan fingerprint density at radius 2 is 2.30 bits per heavy atom. The Hall–Kier alpha value is -1.13. The largest absolute Gasteiger partial charge is 0.370 e. The Morgan fingerprint density at radius 1 is 1.45 bits per heavy atom. The Bertz CT molecular complexity index is 405. The van der Waals surface area contributed by atoms with Gasteiger partial charge in [0.25, 0.3) is 0 Å². The molecule has 1 aliphatic rings. The first kappa shape index (κ1) is 15.3. The summed E-state index contributed by atoms with van der Waals surface area (Å²) in [7, 11) is 4.37. The summed E-state index contributed by atoms with van der Waals surface area (Å²) in [5.41, 5.74) is 1.32. The Kier molecular flexibility index (Phi) is 5.80. The molecule has 0 bridgehead atoms. The van der Waals surface area contributed by atoms with Crippen molar-refractivity contribution in [3.05, 3.63) is 23.9 Å². The second kappa shape index (κ2) is 7.60. The number of likely N-dealkylation sites (tertiary alicyclic amines) is 1. The van der Waals surface area contributed by atoms with Crippen LogP contribution in [0, 0.1) is 0 Å². The maximum atomic E-state index is 4.49. The summed E-state index contributed by atoms with van der Waals surface area (Å²) in [5, 5.41) is 3.44. The molecule has 1 aromatic rings. The van der Waals surface area contributed by atoms with Crippen LogP contribution in [0.2, 0.25) is 0 Å². The molecule has 0 aromatic carbocycles. The van der Waals surface area contributed by atoms with Crippen molar-refractivity contribution in [2.75, 3.05) is 39.0 Å². The SMILES string of the molecule is CCCNc1ncccc1CN1CCCC(N(C)C)C1. The first-order chi connectivity index (χ1) is 9.70. The Labute approximate surface area is 123 Å². The molecule has 1 atom stereocenters. The van der Waals surface area contributed by atoms with E-state index in [1.54, 1.807) is 0 Å². The van der Waals surface area contributed by atoms with E-state index in [1.165, 1.54) is 24.9 Å². The third-order valence-corrected chi connectivity index (χ3v) is 4.04. The van der Waals surface area contributed by atoms with Crippen LogP contribution in [0.1, 0.15) is 31.7 Å². The molecule has 1 saturated heterocycles. The van der Waals surface area contributed by atoms with Crippen molar-refractivity contribution in [3.8, 4) is 0 Å². The number of rotatable bonds is 6. The number of nitrogens with one attached hydrogen (secondary N) is 1. The number of hydrogen-bond acceptors (Lipinski definition) is 4. The van der Waals surface area contributed by atoms with Crippen LogP contribution < -0.4 is 5.32 Å². The molecule has 4 heteroatoms. The summed E-state index contributed by atoms with van der Waals surface area (Å²) in [6.45, 7) is 6.54. The third-order valence-electron chi connectivity index (χ3n) is 4.04. The lowest BCUT2D eigenvalue weighted by Crippen LogP contribution is -2.44. The summed E-state index contributed by atoms with van der Waals surface area (Å²) < 4.78 is 0. The molecule has 1 fully saturated rings. The van der Waals surface area contributed by atoms with Crippen LogP contribution in [-0.2, 0) is 6.54 Å². The summed E-state index contributed by atoms with van der Waals surface area (Å²) in [5.74, 6) is 1.06. The number of pyridine rings is 1. The first-order valence-electron chi connectivity index (χ1n) is 7.77. The molecule has 1 aliphatic heterocycles. The van der Waals surface area contributed by atoms with E-state index in [-0.39, 0.29) is 0 Å². The zero-order chi connectivity index (χ0) is 14.4. The number of nitrogens with zero attached hydrogens (tertiary/aromatic N) is 3. The average Bonchev–Trinajstić information content (AvgIpc) is 2.46. The Morgan fingerprint density at radius 3 is 3.05 bits per heavy atom. The van der Waals surface area contributed by atoms with Crippen LogP contribution in [0.5, 0.6) is 0 Å². The zero-order valence-corrected chi connectivity index (χ0v) is 13.1. The topological polar surface area (TPSA) is 31.4 Å². The normalized spacial score (nSPS) is 20.3. The fourth-order valence-corrected chi connectivity index (χ4v) is 2.81. The van der Waals surface area contributed by atoms with Gasteiger partial charge < -0.3 is 10.2 Å². The lowest BCUT2D eigenvalue weighted by molar-refractivity contribution is 0.128. The number of piperidine rings is 1. The highest BCUT2D eigenvalue weighted by Crippen LogP contribution is 2.19. The van der Waals surface area contributed by atoms with E-state index >= 15 is 0 Å². The molecule has 112 valence electrons. The minimum absolute atomic E-state index is 0.687. The standard InChI is InChI=1S/C16H28N4/c1-4-9-17-16-14(7-5-10-18-16)12-20-11-6-8-15(13-20)19(2)3/h5,7,10,15H,4,6,8-9,11-13H2,1-3H3,(H,17,18). The molecule has 1 unspecified atom stereocenters. The van der Waals surface area contributed by atoms with Gasteiger partial charge in [0.2, 0.25) is 0 Å². The van der Waals surface area contributed by atoms with Crippen molar-refractivity contribution in [3.63, 3.8) is 0 Å². The predicted octanol–water partition coefficient (Wildman–Crippen LogP) is 2.43. The Balaban J connectivity index is 1.98. The van der Waals surface area contributed by atoms with Crippen molar-refractivity contribution in [1.29, 1.82) is 0 Å². The molecule has 0 spiro atoms. The van der Waals surface area contributed by atoms with Crippen LogP contribution in [-0.4, -0.2) is 54.6 Å². The summed E-state index contributed by atoms with van der Waals surface area (Å²) >= 11 is 0. The number of hydrogen-bond donors (Lipinski definition) is 1. The monoisotopic (exact) mass is 276 g/mol. The van der Waals surface area contributed by atoms with E-state index in [0.717, 1.165) is 31.9 Å². The van der Waals surface area contributed by atoms with E-state index in [9.17, 15) is 0 Å². The van der Waals surface area contributed by atoms with Gasteiger partial charge in [0, 0.05) is 37.4 Å². The van der Waals surface area contributed by atoms with Gasteiger partial charge in [-0.2, -0.15) is 0 Å². The lowest BCUT2D eigenvalue weighted by atomic mass is 10.0. The molecule has 0 radical (unpaired) electrons. The van der Waals surface area contributed by atoms with Gasteiger partial charge in [-0.05, 0) is 46.0 Å². The van der Waals surface area contributed by atoms with E-state index in [4.69, 9.17) is 0 Å². The molecule has 2 heterocycles. The quantitative estimate of drug-likeness (QED) is 0.864. The van der Waals surface area contributed by atoms with Crippen molar-refractivity contribution >= 4 is 5.82 Å². The highest BCUT2D eigenvalue weighted by Gasteiger charge is 2.21. The van der Waals surface area contributed by atoms with Gasteiger partial charge in [0.15, 0.2) is 0 Å². The van der Waals surface area contributed by atoms with Gasteiger partial charge in [-0.15, -0.1) is 0 Å². The second-order valence-electron chi connectivity index (χ2n) is 5.93. The zero-order valence-electron chi connectivity index (χ0n) is 13.1. The van der Waals surface area contributed by atoms with E-state index < -0.39 is 0 Å². The van der Waals surface area contributed by atoms with Gasteiger partial charge in [-0.1, -0.05) is 13.0 Å². The van der Waals surface area contributed by atoms with Crippen LogP contribution >= 0.6 is 0 Å². The first-order valence-corrected chi connectivity index (χ1v) is 7.77. The fraction of sp³-hybridized carbons (Fsp3) is 0.688. The molecule has 0 amide bonds. The minimum atomic E-state index is 0.687. The number of aromatic nitrogens is 1. The smallest absolute Gasteiger partial charge is 0.130 e. The molecular weight excluding hydrogens is 248 g/mol. The number of anilines is 1. The summed E-state index contributed by atoms with van der Waals surface area (Å²) in [6, 6.07) is 4.93. The van der Waals surface area contributed by atoms with E-state index in [2.05, 4.69) is 47.2 Å². The van der Waals surface area contributed by atoms with Crippen molar-refractivity contribution in [2.45, 2.75) is 38.8 Å². The molecule has 1 N–H and O–H groups in total. The minimum Gasteiger partial charge on any atom is -0.370 e. The van der Waals surface area contributed by atoms with Gasteiger partial charge >= 0.3 is 0 Å². The van der Waals surface area contributed by atoms with Crippen molar-refractivity contribution in [1.82, 2.24) is 14.8 Å². The van der Waals surface area contributed by atoms with E-state index in [1.807, 2.05) is 12.3 Å². The average molecular weight is 276 g/mol. The summed E-state index contributed by atoms with van der Waals surface area (Å²) in [6.07, 6.45) is 5.61. The van der Waals surface area contributed by atoms with Crippen molar-refractivity contribution in [2.24, 2.45) is 0 Å². The van der Waals surface area contributed by atoms with Crippen LogP contribution in [0.15, 0.2) is 18.3 Å². The molecule has 20 heavy (non-hydrogen) atoms. The van der Waals surface area contributed by atoms with Gasteiger partial charge in [-0.25, -0.2) is 4.98 Å². The van der Waals surface area contributed by atoms with Gasteiger partial charge in [0.05, 0.1) is 0 Å². The molecule has 4 nitrogen and oxygen atoms in total. The highest BCUT2D eigenvalue weighted by molar-refractivity contribution is 5.43. The van der Waals surface area contributed by atoms with Gasteiger partial charge in [0.1, 0.15) is 5.82 Å². The maximum absolute atomic E-state index is 4.49. The summed E-state index contributed by atoms with van der Waals surface area (Å²) in [4.78, 5) is 9.40. The predicted molar refractivity (Wildman–Crippen MR) is 85.0 cm³/mol. The molecule has 0 saturated carbocycles. The molecular formula is C16H28N4. The molecule has 2 rings (SSSR count). The maximum Gasteiger partial charge on any atom is 0.130 e. The molecule has 1 aromatic heterocycles. The lowest BCUT2D eigenvalue weighted by Gasteiger charge is -2.36. The van der Waals surface area contributed by atoms with Crippen molar-refractivity contribution < 1.29 is 0 Å². The van der Waals surface area contributed by atoms with Gasteiger partial charge in [-0.3, -0.25) is 4.90 Å². The fourth-order valence-electron chi connectivity index (χ4n) is 2.81. The second-order valence-corrected chi connectivity index (χ2v) is 5.93. The van der Waals surface area contributed by atoms with Crippen LogP contribution in [0.25, 0.3) is 0 Å².